The van der Waals surface area contributed by atoms with E-state index in [0.29, 0.717) is 5.56 Å². The first-order valence-corrected chi connectivity index (χ1v) is 6.83. The normalized spacial score (nSPS) is 16.2. The van der Waals surface area contributed by atoms with Crippen molar-refractivity contribution in [3.05, 3.63) is 23.9 Å². The molecule has 86 valence electrons. The summed E-state index contributed by atoms with van der Waals surface area (Å²) in [4.78, 5) is 18.2. The van der Waals surface area contributed by atoms with E-state index in [2.05, 4.69) is 4.98 Å². The zero-order valence-corrected chi connectivity index (χ0v) is 10.3. The van der Waals surface area contributed by atoms with Crippen molar-refractivity contribution in [3.8, 4) is 0 Å². The molecule has 0 aliphatic carbocycles. The van der Waals surface area contributed by atoms with Crippen molar-refractivity contribution >= 4 is 17.7 Å². The predicted molar refractivity (Wildman–Crippen MR) is 65.8 cm³/mol. The molecule has 4 heteroatoms. The van der Waals surface area contributed by atoms with Crippen LogP contribution in [0.2, 0.25) is 0 Å². The lowest BCUT2D eigenvalue weighted by atomic mass is 10.1. The van der Waals surface area contributed by atoms with E-state index in [0.717, 1.165) is 31.0 Å². The maximum absolute atomic E-state index is 12.1. The number of hydrogen-bond donors (Lipinski definition) is 0. The van der Waals surface area contributed by atoms with E-state index in [1.165, 1.54) is 6.42 Å². The molecule has 0 aromatic carbocycles. The Morgan fingerprint density at radius 1 is 1.31 bits per heavy atom. The lowest BCUT2D eigenvalue weighted by Gasteiger charge is -2.26. The van der Waals surface area contributed by atoms with Crippen LogP contribution in [-0.2, 0) is 0 Å². The summed E-state index contributed by atoms with van der Waals surface area (Å²) in [6, 6.07) is 3.78. The molecule has 1 aromatic heterocycles. The summed E-state index contributed by atoms with van der Waals surface area (Å²) < 4.78 is 0. The first-order valence-electron chi connectivity index (χ1n) is 5.60. The van der Waals surface area contributed by atoms with E-state index in [9.17, 15) is 4.79 Å². The summed E-state index contributed by atoms with van der Waals surface area (Å²) in [7, 11) is 0. The lowest BCUT2D eigenvalue weighted by Crippen LogP contribution is -2.35. The van der Waals surface area contributed by atoms with E-state index in [1.807, 2.05) is 23.3 Å². The second-order valence-electron chi connectivity index (χ2n) is 3.94. The SMILES string of the molecule is CSc1ccc(C(=O)N2CCCCC2)cn1. The van der Waals surface area contributed by atoms with Gasteiger partial charge in [-0.05, 0) is 37.7 Å². The molecule has 1 aliphatic heterocycles. The summed E-state index contributed by atoms with van der Waals surface area (Å²) in [5.74, 6) is 0.125. The van der Waals surface area contributed by atoms with E-state index in [-0.39, 0.29) is 5.91 Å². The largest absolute Gasteiger partial charge is 0.339 e. The second-order valence-corrected chi connectivity index (χ2v) is 4.77. The molecule has 1 fully saturated rings. The fourth-order valence-electron chi connectivity index (χ4n) is 1.91. The average Bonchev–Trinajstić information content (AvgIpc) is 2.39. The molecule has 0 bridgehead atoms. The van der Waals surface area contributed by atoms with Crippen molar-refractivity contribution in [2.24, 2.45) is 0 Å². The van der Waals surface area contributed by atoms with Crippen LogP contribution in [0.4, 0.5) is 0 Å². The number of likely N-dealkylation sites (tertiary alicyclic amines) is 1. The van der Waals surface area contributed by atoms with Gasteiger partial charge in [-0.25, -0.2) is 4.98 Å². The minimum absolute atomic E-state index is 0.125. The van der Waals surface area contributed by atoms with E-state index >= 15 is 0 Å². The highest BCUT2D eigenvalue weighted by Crippen LogP contribution is 2.15. The van der Waals surface area contributed by atoms with Crippen LogP contribution in [0.3, 0.4) is 0 Å². The molecule has 0 spiro atoms. The highest BCUT2D eigenvalue weighted by Gasteiger charge is 2.18. The monoisotopic (exact) mass is 236 g/mol. The van der Waals surface area contributed by atoms with Gasteiger partial charge in [0.2, 0.25) is 0 Å². The zero-order chi connectivity index (χ0) is 11.4. The fraction of sp³-hybridized carbons (Fsp3) is 0.500. The molecule has 0 N–H and O–H groups in total. The van der Waals surface area contributed by atoms with Crippen molar-refractivity contribution in [3.63, 3.8) is 0 Å². The molecule has 0 unspecified atom stereocenters. The third-order valence-corrected chi connectivity index (χ3v) is 3.50. The van der Waals surface area contributed by atoms with Gasteiger partial charge in [0.1, 0.15) is 0 Å². The van der Waals surface area contributed by atoms with Gasteiger partial charge in [-0.2, -0.15) is 0 Å². The number of carbonyl (C=O) groups excluding carboxylic acids is 1. The Morgan fingerprint density at radius 3 is 2.62 bits per heavy atom. The van der Waals surface area contributed by atoms with Crippen molar-refractivity contribution < 1.29 is 4.79 Å². The van der Waals surface area contributed by atoms with Gasteiger partial charge in [0.15, 0.2) is 0 Å². The summed E-state index contributed by atoms with van der Waals surface area (Å²) in [5, 5.41) is 0.954. The Morgan fingerprint density at radius 2 is 2.06 bits per heavy atom. The Balaban J connectivity index is 2.07. The molecule has 2 rings (SSSR count). The minimum Gasteiger partial charge on any atom is -0.339 e. The summed E-state index contributed by atoms with van der Waals surface area (Å²) in [5.41, 5.74) is 0.708. The second kappa shape index (κ2) is 5.34. The Kier molecular flexibility index (Phi) is 3.83. The van der Waals surface area contributed by atoms with Crippen LogP contribution in [0.5, 0.6) is 0 Å². The van der Waals surface area contributed by atoms with Crippen molar-refractivity contribution in [2.45, 2.75) is 24.3 Å². The molecule has 0 atom stereocenters. The molecule has 1 aliphatic rings. The van der Waals surface area contributed by atoms with Gasteiger partial charge in [-0.3, -0.25) is 4.79 Å². The number of pyridine rings is 1. The summed E-state index contributed by atoms with van der Waals surface area (Å²) in [6.45, 7) is 1.78. The smallest absolute Gasteiger partial charge is 0.255 e. The highest BCUT2D eigenvalue weighted by molar-refractivity contribution is 7.98. The van der Waals surface area contributed by atoms with E-state index < -0.39 is 0 Å². The standard InChI is InChI=1S/C12H16N2OS/c1-16-11-6-5-10(9-13-11)12(15)14-7-3-2-4-8-14/h5-6,9H,2-4,7-8H2,1H3. The Labute approximate surface area is 100 Å². The van der Waals surface area contributed by atoms with Crippen LogP contribution in [-0.4, -0.2) is 35.1 Å². The fourth-order valence-corrected chi connectivity index (χ4v) is 2.27. The number of amides is 1. The zero-order valence-electron chi connectivity index (χ0n) is 9.48. The number of carbonyl (C=O) groups is 1. The number of aromatic nitrogens is 1. The number of hydrogen-bond acceptors (Lipinski definition) is 3. The van der Waals surface area contributed by atoms with E-state index in [4.69, 9.17) is 0 Å². The van der Waals surface area contributed by atoms with Crippen LogP contribution in [0, 0.1) is 0 Å². The molecule has 0 radical (unpaired) electrons. The van der Waals surface area contributed by atoms with Gasteiger partial charge >= 0.3 is 0 Å². The van der Waals surface area contributed by atoms with Crippen LogP contribution >= 0.6 is 11.8 Å². The predicted octanol–water partition coefficient (Wildman–Crippen LogP) is 2.43. The van der Waals surface area contributed by atoms with Gasteiger partial charge in [0.25, 0.3) is 5.91 Å². The molecule has 1 amide bonds. The Hall–Kier alpha value is -1.03. The van der Waals surface area contributed by atoms with Gasteiger partial charge in [-0.15, -0.1) is 11.8 Å². The average molecular weight is 236 g/mol. The first-order chi connectivity index (χ1) is 7.81. The first kappa shape index (κ1) is 11.5. The molecule has 3 nitrogen and oxygen atoms in total. The van der Waals surface area contributed by atoms with Gasteiger partial charge in [0.05, 0.1) is 10.6 Å². The molecule has 1 saturated heterocycles. The molecule has 16 heavy (non-hydrogen) atoms. The topological polar surface area (TPSA) is 33.2 Å². The third kappa shape index (κ3) is 2.55. The number of nitrogens with zero attached hydrogens (tertiary/aromatic N) is 2. The molecule has 2 heterocycles. The maximum atomic E-state index is 12.1. The van der Waals surface area contributed by atoms with Gasteiger partial charge < -0.3 is 4.90 Å². The number of piperidine rings is 1. The quantitative estimate of drug-likeness (QED) is 0.739. The van der Waals surface area contributed by atoms with Crippen LogP contribution in [0.25, 0.3) is 0 Å². The molecular weight excluding hydrogens is 220 g/mol. The molecular formula is C12H16N2OS. The minimum atomic E-state index is 0.125. The highest BCUT2D eigenvalue weighted by atomic mass is 32.2. The maximum Gasteiger partial charge on any atom is 0.255 e. The summed E-state index contributed by atoms with van der Waals surface area (Å²) >= 11 is 1.59. The van der Waals surface area contributed by atoms with Gasteiger partial charge in [-0.1, -0.05) is 0 Å². The van der Waals surface area contributed by atoms with Crippen molar-refractivity contribution in [1.29, 1.82) is 0 Å². The lowest BCUT2D eigenvalue weighted by molar-refractivity contribution is 0.0724. The van der Waals surface area contributed by atoms with Crippen molar-refractivity contribution in [2.75, 3.05) is 19.3 Å². The van der Waals surface area contributed by atoms with Crippen molar-refractivity contribution in [1.82, 2.24) is 9.88 Å². The van der Waals surface area contributed by atoms with Crippen LogP contribution < -0.4 is 0 Å². The van der Waals surface area contributed by atoms with E-state index in [1.54, 1.807) is 18.0 Å². The number of thioether (sulfide) groups is 1. The number of rotatable bonds is 2. The molecule has 1 aromatic rings. The van der Waals surface area contributed by atoms with Gasteiger partial charge in [0, 0.05) is 19.3 Å². The summed E-state index contributed by atoms with van der Waals surface area (Å²) in [6.07, 6.45) is 7.16. The van der Waals surface area contributed by atoms with Crippen LogP contribution in [0.15, 0.2) is 23.4 Å². The van der Waals surface area contributed by atoms with Crippen LogP contribution in [0.1, 0.15) is 29.6 Å². The third-order valence-electron chi connectivity index (χ3n) is 2.84. The molecule has 0 saturated carbocycles. The Bertz CT molecular complexity index is 358.